The van der Waals surface area contributed by atoms with E-state index in [2.05, 4.69) is 59.7 Å². The average Bonchev–Trinajstić information content (AvgIpc) is 3.02. The third kappa shape index (κ3) is 3.53. The summed E-state index contributed by atoms with van der Waals surface area (Å²) in [4.78, 5) is 12.5. The monoisotopic (exact) mass is 469 g/mol. The number of carboxylic acid groups (broad SMARTS) is 1. The minimum Gasteiger partial charge on any atom is -0.481 e. The topological polar surface area (TPSA) is 69.9 Å². The van der Waals surface area contributed by atoms with E-state index in [-0.39, 0.29) is 33.5 Å². The predicted octanol–water partition coefficient (Wildman–Crippen LogP) is 8.01. The number of aliphatic carboxylic acids is 1. The molecule has 0 aromatic rings. The Bertz CT molecular complexity index is 939. The Kier molecular flexibility index (Phi) is 6.39. The van der Waals surface area contributed by atoms with Crippen LogP contribution in [0.25, 0.3) is 0 Å². The molecule has 0 bridgehead atoms. The van der Waals surface area contributed by atoms with E-state index in [1.165, 1.54) is 5.57 Å². The molecule has 2 N–H and O–H groups in total. The molecule has 0 aromatic carbocycles. The summed E-state index contributed by atoms with van der Waals surface area (Å²) in [6.07, 6.45) is 12.4. The standard InChI is InChI=1S/C30H47NO3/c1-19(2)9-8-10-20(26(32)33)21-13-17-30(7)23-11-12-24-27(3,4)25(31-34)15-16-28(24,5)22(23)14-18-29(21,30)6/h9,20-21,24,34H,8,10-18H2,1-7H3,(H,32,33)/b31-25+/t20-,21-,24-,28+,29-,30+/m0/s1. The van der Waals surface area contributed by atoms with Crippen LogP contribution in [0.4, 0.5) is 0 Å². The van der Waals surface area contributed by atoms with Crippen LogP contribution in [0.3, 0.4) is 0 Å². The smallest absolute Gasteiger partial charge is 0.306 e. The highest BCUT2D eigenvalue weighted by Gasteiger charge is 2.64. The first kappa shape index (κ1) is 25.5. The number of carboxylic acids is 1. The van der Waals surface area contributed by atoms with E-state index in [9.17, 15) is 15.1 Å². The third-order valence-corrected chi connectivity index (χ3v) is 11.6. The van der Waals surface area contributed by atoms with Gasteiger partial charge in [-0.3, -0.25) is 4.79 Å². The molecule has 0 amide bonds. The van der Waals surface area contributed by atoms with Crippen LogP contribution in [0.1, 0.15) is 113 Å². The Morgan fingerprint density at radius 2 is 1.74 bits per heavy atom. The van der Waals surface area contributed by atoms with E-state index >= 15 is 0 Å². The molecule has 4 aliphatic rings. The van der Waals surface area contributed by atoms with Crippen molar-refractivity contribution >= 4 is 11.7 Å². The van der Waals surface area contributed by atoms with Gasteiger partial charge in [-0.05, 0) is 106 Å². The quantitative estimate of drug-likeness (QED) is 0.243. The molecule has 0 heterocycles. The number of rotatable bonds is 5. The van der Waals surface area contributed by atoms with Crippen LogP contribution in [0.5, 0.6) is 0 Å². The van der Waals surface area contributed by atoms with Gasteiger partial charge in [0.1, 0.15) is 0 Å². The molecule has 2 fully saturated rings. The van der Waals surface area contributed by atoms with Crippen molar-refractivity contribution in [1.29, 1.82) is 0 Å². The van der Waals surface area contributed by atoms with Crippen LogP contribution in [-0.2, 0) is 4.79 Å². The minimum atomic E-state index is -0.599. The highest BCUT2D eigenvalue weighted by Crippen LogP contribution is 2.72. The Morgan fingerprint density at radius 1 is 1.03 bits per heavy atom. The van der Waals surface area contributed by atoms with Crippen LogP contribution in [0, 0.1) is 39.4 Å². The third-order valence-electron chi connectivity index (χ3n) is 11.6. The summed E-state index contributed by atoms with van der Waals surface area (Å²) in [5.41, 5.74) is 5.82. The second kappa shape index (κ2) is 8.52. The Hall–Kier alpha value is -1.58. The molecule has 0 spiro atoms. The van der Waals surface area contributed by atoms with Crippen LogP contribution >= 0.6 is 0 Å². The summed E-state index contributed by atoms with van der Waals surface area (Å²) in [5, 5.41) is 23.7. The number of oxime groups is 1. The summed E-state index contributed by atoms with van der Waals surface area (Å²) >= 11 is 0. The van der Waals surface area contributed by atoms with Crippen LogP contribution in [0.15, 0.2) is 28.0 Å². The fourth-order valence-electron chi connectivity index (χ4n) is 9.41. The van der Waals surface area contributed by atoms with Gasteiger partial charge in [0.05, 0.1) is 11.6 Å². The first-order chi connectivity index (χ1) is 15.8. The molecule has 4 aliphatic carbocycles. The van der Waals surface area contributed by atoms with Crippen molar-refractivity contribution in [3.63, 3.8) is 0 Å². The lowest BCUT2D eigenvalue weighted by molar-refractivity contribution is -0.146. The lowest BCUT2D eigenvalue weighted by Gasteiger charge is -2.61. The Balaban J connectivity index is 1.70. The zero-order valence-electron chi connectivity index (χ0n) is 22.6. The molecule has 190 valence electrons. The van der Waals surface area contributed by atoms with Gasteiger partial charge in [-0.1, -0.05) is 62.6 Å². The molecule has 4 rings (SSSR count). The fraction of sp³-hybridized carbons (Fsp3) is 0.800. The number of fused-ring (bicyclic) bond motifs is 4. The molecular weight excluding hydrogens is 422 g/mol. The molecule has 0 radical (unpaired) electrons. The zero-order valence-corrected chi connectivity index (χ0v) is 22.6. The molecule has 0 unspecified atom stereocenters. The van der Waals surface area contributed by atoms with Crippen molar-refractivity contribution in [1.82, 2.24) is 0 Å². The average molecular weight is 470 g/mol. The largest absolute Gasteiger partial charge is 0.481 e. The maximum absolute atomic E-state index is 12.5. The van der Waals surface area contributed by atoms with Crippen molar-refractivity contribution in [3.8, 4) is 0 Å². The van der Waals surface area contributed by atoms with Crippen LogP contribution in [0.2, 0.25) is 0 Å². The van der Waals surface area contributed by atoms with Gasteiger partial charge < -0.3 is 10.3 Å². The summed E-state index contributed by atoms with van der Waals surface area (Å²) in [6, 6.07) is 0. The zero-order chi connectivity index (χ0) is 25.1. The van der Waals surface area contributed by atoms with E-state index in [0.717, 1.165) is 69.9 Å². The highest BCUT2D eigenvalue weighted by atomic mass is 16.4. The molecule has 6 atom stereocenters. The normalized spacial score (nSPS) is 40.9. The van der Waals surface area contributed by atoms with Crippen molar-refractivity contribution in [2.24, 2.45) is 44.6 Å². The Morgan fingerprint density at radius 3 is 2.35 bits per heavy atom. The van der Waals surface area contributed by atoms with Gasteiger partial charge >= 0.3 is 5.97 Å². The van der Waals surface area contributed by atoms with E-state index in [1.54, 1.807) is 11.1 Å². The van der Waals surface area contributed by atoms with Gasteiger partial charge in [0, 0.05) is 5.41 Å². The summed E-state index contributed by atoms with van der Waals surface area (Å²) in [5.74, 6) is -0.109. The maximum Gasteiger partial charge on any atom is 0.306 e. The Labute approximate surface area is 207 Å². The highest BCUT2D eigenvalue weighted by molar-refractivity contribution is 5.90. The van der Waals surface area contributed by atoms with E-state index < -0.39 is 5.97 Å². The second-order valence-electron chi connectivity index (χ2n) is 13.4. The van der Waals surface area contributed by atoms with E-state index in [0.29, 0.717) is 5.92 Å². The molecule has 4 heteroatoms. The fourth-order valence-corrected chi connectivity index (χ4v) is 9.41. The van der Waals surface area contributed by atoms with Gasteiger partial charge in [0.2, 0.25) is 0 Å². The van der Waals surface area contributed by atoms with Crippen molar-refractivity contribution in [2.45, 2.75) is 113 Å². The molecule has 2 saturated carbocycles. The first-order valence-corrected chi connectivity index (χ1v) is 13.6. The SMILES string of the molecule is CC(C)=CCC[C@H](C(=O)O)[C@@H]1CC[C@]2(C)C3=C(CC[C@@]12C)[C@@]1(C)CC/C(=N\O)C(C)(C)[C@@H]1CC3. The lowest BCUT2D eigenvalue weighted by atomic mass is 9.43. The van der Waals surface area contributed by atoms with Gasteiger partial charge in [0.25, 0.3) is 0 Å². The lowest BCUT2D eigenvalue weighted by Crippen LogP contribution is -2.54. The van der Waals surface area contributed by atoms with Crippen LogP contribution < -0.4 is 0 Å². The molecule has 0 aromatic heterocycles. The van der Waals surface area contributed by atoms with Crippen LogP contribution in [-0.4, -0.2) is 22.0 Å². The molecule has 34 heavy (non-hydrogen) atoms. The van der Waals surface area contributed by atoms with Crippen molar-refractivity contribution in [3.05, 3.63) is 22.8 Å². The minimum absolute atomic E-state index is 0.0466. The number of nitrogens with zero attached hydrogens (tertiary/aromatic N) is 1. The summed E-state index contributed by atoms with van der Waals surface area (Å²) < 4.78 is 0. The van der Waals surface area contributed by atoms with Crippen molar-refractivity contribution in [2.75, 3.05) is 0 Å². The second-order valence-corrected chi connectivity index (χ2v) is 13.4. The van der Waals surface area contributed by atoms with E-state index in [1.807, 2.05) is 0 Å². The van der Waals surface area contributed by atoms with Gasteiger partial charge in [0.15, 0.2) is 0 Å². The van der Waals surface area contributed by atoms with Gasteiger partial charge in [-0.2, -0.15) is 0 Å². The maximum atomic E-state index is 12.5. The predicted molar refractivity (Wildman–Crippen MR) is 138 cm³/mol. The van der Waals surface area contributed by atoms with Crippen molar-refractivity contribution < 1.29 is 15.1 Å². The van der Waals surface area contributed by atoms with E-state index in [4.69, 9.17) is 0 Å². The number of carbonyl (C=O) groups is 1. The number of hydrogen-bond donors (Lipinski definition) is 2. The number of allylic oxidation sites excluding steroid dienone is 4. The first-order valence-electron chi connectivity index (χ1n) is 13.6. The molecular formula is C30H47NO3. The van der Waals surface area contributed by atoms with Gasteiger partial charge in [-0.15, -0.1) is 0 Å². The van der Waals surface area contributed by atoms with Gasteiger partial charge in [-0.25, -0.2) is 0 Å². The summed E-state index contributed by atoms with van der Waals surface area (Å²) in [6.45, 7) is 16.1. The molecule has 0 saturated heterocycles. The number of hydrogen-bond acceptors (Lipinski definition) is 3. The molecule has 0 aliphatic heterocycles. The molecule has 4 nitrogen and oxygen atoms in total. The summed E-state index contributed by atoms with van der Waals surface area (Å²) in [7, 11) is 0.